The zero-order chi connectivity index (χ0) is 19.0. The van der Waals surface area contributed by atoms with Gasteiger partial charge in [0.2, 0.25) is 5.95 Å². The van der Waals surface area contributed by atoms with Crippen LogP contribution >= 0.6 is 0 Å². The smallest absolute Gasteiger partial charge is 0.232 e. The summed E-state index contributed by atoms with van der Waals surface area (Å²) in [6, 6.07) is 19.3. The predicted octanol–water partition coefficient (Wildman–Crippen LogP) is 5.60. The summed E-state index contributed by atoms with van der Waals surface area (Å²) in [4.78, 5) is 11.5. The second-order valence-electron chi connectivity index (χ2n) is 8.25. The topological polar surface area (TPSA) is 41.1 Å². The van der Waals surface area contributed by atoms with Crippen molar-refractivity contribution < 1.29 is 0 Å². The first-order valence-corrected chi connectivity index (χ1v) is 9.49. The Morgan fingerprint density at radius 3 is 2.48 bits per heavy atom. The molecule has 0 spiro atoms. The van der Waals surface area contributed by atoms with Crippen molar-refractivity contribution >= 4 is 23.1 Å². The first kappa shape index (κ1) is 17.5. The molecule has 1 unspecified atom stereocenters. The maximum Gasteiger partial charge on any atom is 0.232 e. The van der Waals surface area contributed by atoms with Gasteiger partial charge in [0.05, 0.1) is 0 Å². The summed E-state index contributed by atoms with van der Waals surface area (Å²) in [5.41, 5.74) is 5.06. The molecule has 2 aromatic carbocycles. The van der Waals surface area contributed by atoms with E-state index >= 15 is 0 Å². The number of hydrogen-bond acceptors (Lipinski definition) is 4. The van der Waals surface area contributed by atoms with Crippen LogP contribution in [-0.2, 0) is 11.8 Å². The van der Waals surface area contributed by atoms with E-state index < -0.39 is 0 Å². The minimum atomic E-state index is 0.153. The maximum absolute atomic E-state index is 4.77. The zero-order valence-corrected chi connectivity index (χ0v) is 16.4. The lowest BCUT2D eigenvalue weighted by Gasteiger charge is -2.23. The quantitative estimate of drug-likeness (QED) is 0.661. The van der Waals surface area contributed by atoms with Crippen LogP contribution in [0.4, 0.5) is 23.1 Å². The second kappa shape index (κ2) is 6.69. The number of anilines is 4. The molecule has 0 fully saturated rings. The number of rotatable bonds is 3. The molecule has 4 heteroatoms. The van der Waals surface area contributed by atoms with Gasteiger partial charge in [0.25, 0.3) is 0 Å². The Bertz CT molecular complexity index is 941. The van der Waals surface area contributed by atoms with E-state index in [1.54, 1.807) is 0 Å². The van der Waals surface area contributed by atoms with Crippen LogP contribution in [0.5, 0.6) is 0 Å². The van der Waals surface area contributed by atoms with E-state index in [0.29, 0.717) is 6.04 Å². The van der Waals surface area contributed by atoms with Crippen LogP contribution in [0.1, 0.15) is 38.8 Å². The van der Waals surface area contributed by atoms with Gasteiger partial charge in [0.1, 0.15) is 5.82 Å². The Labute approximate surface area is 161 Å². The highest BCUT2D eigenvalue weighted by Crippen LogP contribution is 2.36. The monoisotopic (exact) mass is 358 g/mol. The first-order chi connectivity index (χ1) is 12.9. The molecule has 4 nitrogen and oxygen atoms in total. The maximum atomic E-state index is 4.77. The minimum absolute atomic E-state index is 0.153. The Hall–Kier alpha value is -2.88. The van der Waals surface area contributed by atoms with Crippen molar-refractivity contribution in [2.75, 3.05) is 10.2 Å². The van der Waals surface area contributed by atoms with Gasteiger partial charge in [-0.3, -0.25) is 0 Å². The van der Waals surface area contributed by atoms with Crippen LogP contribution in [0, 0.1) is 0 Å². The first-order valence-electron chi connectivity index (χ1n) is 9.49. The molecule has 138 valence electrons. The van der Waals surface area contributed by atoms with E-state index in [-0.39, 0.29) is 5.41 Å². The van der Waals surface area contributed by atoms with Crippen molar-refractivity contribution in [3.8, 4) is 0 Å². The number of fused-ring (bicyclic) bond motifs is 1. The second-order valence-corrected chi connectivity index (χ2v) is 8.25. The predicted molar refractivity (Wildman–Crippen MR) is 112 cm³/mol. The van der Waals surface area contributed by atoms with Crippen molar-refractivity contribution in [1.29, 1.82) is 0 Å². The summed E-state index contributed by atoms with van der Waals surface area (Å²) in [6.07, 6.45) is 2.84. The third-order valence-electron chi connectivity index (χ3n) is 5.09. The van der Waals surface area contributed by atoms with Gasteiger partial charge in [-0.15, -0.1) is 0 Å². The molecule has 3 aromatic rings. The van der Waals surface area contributed by atoms with Gasteiger partial charge in [-0.05, 0) is 54.2 Å². The van der Waals surface area contributed by atoms with Gasteiger partial charge in [-0.2, -0.15) is 4.98 Å². The van der Waals surface area contributed by atoms with Crippen LogP contribution < -0.4 is 10.2 Å². The van der Waals surface area contributed by atoms with Crippen LogP contribution in [0.15, 0.2) is 60.8 Å². The van der Waals surface area contributed by atoms with E-state index in [2.05, 4.69) is 91.4 Å². The highest BCUT2D eigenvalue weighted by atomic mass is 15.3. The molecule has 1 atom stereocenters. The lowest BCUT2D eigenvalue weighted by Crippen LogP contribution is -2.25. The van der Waals surface area contributed by atoms with Crippen LogP contribution in [0.2, 0.25) is 0 Å². The van der Waals surface area contributed by atoms with Gasteiger partial charge >= 0.3 is 0 Å². The van der Waals surface area contributed by atoms with Crippen LogP contribution in [-0.4, -0.2) is 16.0 Å². The van der Waals surface area contributed by atoms with Gasteiger partial charge in [-0.25, -0.2) is 4.98 Å². The standard InChI is InChI=1S/C23H26N4/c1-16-15-17-7-5-6-8-20(17)27(16)22-24-14-13-21(26-22)25-19-11-9-18(10-12-19)23(2,3)4/h5-14,16H,15H2,1-4H3,(H,24,25,26). The average Bonchev–Trinajstić information content (AvgIpc) is 2.97. The van der Waals surface area contributed by atoms with Gasteiger partial charge in [-0.1, -0.05) is 51.1 Å². The van der Waals surface area contributed by atoms with E-state index in [4.69, 9.17) is 4.98 Å². The Kier molecular flexibility index (Phi) is 4.34. The van der Waals surface area contributed by atoms with Crippen molar-refractivity contribution in [2.45, 2.75) is 45.6 Å². The SMILES string of the molecule is CC1Cc2ccccc2N1c1nccc(Nc2ccc(C(C)(C)C)cc2)n1. The van der Waals surface area contributed by atoms with Crippen LogP contribution in [0.25, 0.3) is 0 Å². The minimum Gasteiger partial charge on any atom is -0.340 e. The molecule has 0 radical (unpaired) electrons. The van der Waals surface area contributed by atoms with E-state index in [1.165, 1.54) is 16.8 Å². The summed E-state index contributed by atoms with van der Waals surface area (Å²) in [5.74, 6) is 1.55. The number of aromatic nitrogens is 2. The van der Waals surface area contributed by atoms with Gasteiger partial charge in [0, 0.05) is 23.6 Å². The highest BCUT2D eigenvalue weighted by Gasteiger charge is 2.28. The number of hydrogen-bond donors (Lipinski definition) is 1. The summed E-state index contributed by atoms with van der Waals surface area (Å²) in [5, 5.41) is 3.41. The lowest BCUT2D eigenvalue weighted by molar-refractivity contribution is 0.590. The molecule has 0 bridgehead atoms. The summed E-state index contributed by atoms with van der Waals surface area (Å²) < 4.78 is 0. The molecule has 2 heterocycles. The van der Waals surface area contributed by atoms with Crippen LogP contribution in [0.3, 0.4) is 0 Å². The molecule has 4 rings (SSSR count). The molecule has 1 aliphatic rings. The average molecular weight is 358 g/mol. The molecule has 1 N–H and O–H groups in total. The number of benzene rings is 2. The molecule has 1 aromatic heterocycles. The van der Waals surface area contributed by atoms with E-state index in [9.17, 15) is 0 Å². The fourth-order valence-electron chi connectivity index (χ4n) is 3.61. The van der Waals surface area contributed by atoms with Crippen molar-refractivity contribution in [3.63, 3.8) is 0 Å². The fraction of sp³-hybridized carbons (Fsp3) is 0.304. The third kappa shape index (κ3) is 3.52. The molecule has 0 aliphatic carbocycles. The molecule has 27 heavy (non-hydrogen) atoms. The Morgan fingerprint density at radius 1 is 1.00 bits per heavy atom. The number of para-hydroxylation sites is 1. The van der Waals surface area contributed by atoms with Gasteiger partial charge < -0.3 is 10.2 Å². The summed E-state index contributed by atoms with van der Waals surface area (Å²) in [7, 11) is 0. The molecule has 0 amide bonds. The third-order valence-corrected chi connectivity index (χ3v) is 5.09. The van der Waals surface area contributed by atoms with Gasteiger partial charge in [0.15, 0.2) is 0 Å². The fourth-order valence-corrected chi connectivity index (χ4v) is 3.61. The van der Waals surface area contributed by atoms with Crippen molar-refractivity contribution in [1.82, 2.24) is 9.97 Å². The normalized spacial score (nSPS) is 16.3. The van der Waals surface area contributed by atoms with E-state index in [0.717, 1.165) is 23.9 Å². The molecular formula is C23H26N4. The lowest BCUT2D eigenvalue weighted by atomic mass is 9.87. The number of nitrogens with one attached hydrogen (secondary N) is 1. The number of nitrogens with zero attached hydrogens (tertiary/aromatic N) is 3. The summed E-state index contributed by atoms with van der Waals surface area (Å²) >= 11 is 0. The molecule has 0 saturated heterocycles. The van der Waals surface area contributed by atoms with Crippen molar-refractivity contribution in [3.05, 3.63) is 71.9 Å². The van der Waals surface area contributed by atoms with E-state index in [1.807, 2.05) is 12.3 Å². The zero-order valence-electron chi connectivity index (χ0n) is 16.4. The summed E-state index contributed by atoms with van der Waals surface area (Å²) in [6.45, 7) is 8.89. The van der Waals surface area contributed by atoms with Crippen molar-refractivity contribution in [2.24, 2.45) is 0 Å². The Morgan fingerprint density at radius 2 is 1.74 bits per heavy atom. The molecule has 0 saturated carbocycles. The Balaban J connectivity index is 1.58. The molecule has 1 aliphatic heterocycles. The molecular weight excluding hydrogens is 332 g/mol. The highest BCUT2D eigenvalue weighted by molar-refractivity contribution is 5.68. The largest absolute Gasteiger partial charge is 0.340 e.